The highest BCUT2D eigenvalue weighted by Crippen LogP contribution is 2.61. The van der Waals surface area contributed by atoms with Crippen LogP contribution in [0.1, 0.15) is 11.1 Å². The van der Waals surface area contributed by atoms with Crippen molar-refractivity contribution in [3.8, 4) is 11.5 Å². The summed E-state index contributed by atoms with van der Waals surface area (Å²) >= 11 is 0. The lowest BCUT2D eigenvalue weighted by atomic mass is 9.96. The number of hydrogen-bond donors (Lipinski definition) is 2. The topological polar surface area (TPSA) is 164 Å². The average molecular weight is 940 g/mol. The maximum atomic E-state index is 16.5. The normalized spacial score (nSPS) is 17.4. The zero-order valence-corrected chi connectivity index (χ0v) is 26.6. The minimum atomic E-state index is -8.72. The van der Waals surface area contributed by atoms with E-state index in [2.05, 4.69) is 4.74 Å². The van der Waals surface area contributed by atoms with E-state index in [0.717, 1.165) is 4.74 Å². The van der Waals surface area contributed by atoms with Crippen LogP contribution in [0.4, 0.5) is 117 Å². The molecule has 0 aliphatic rings. The van der Waals surface area contributed by atoms with Crippen LogP contribution in [0.15, 0.2) is 36.4 Å². The van der Waals surface area contributed by atoms with Gasteiger partial charge in [0.1, 0.15) is 0 Å². The van der Waals surface area contributed by atoms with E-state index < -0.39 is 147 Å². The first-order valence-corrected chi connectivity index (χ1v) is 13.5. The Bertz CT molecular complexity index is 1960. The molecule has 2 rings (SSSR count). The number of alkyl halides is 24. The second-order valence-electron chi connectivity index (χ2n) is 10.8. The molecular weight excluding hydrogens is 932 g/mol. The van der Waals surface area contributed by atoms with E-state index in [1.54, 1.807) is 4.74 Å². The van der Waals surface area contributed by atoms with Gasteiger partial charge in [-0.2, -0.15) is 105 Å². The third-order valence-corrected chi connectivity index (χ3v) is 6.69. The number of nitro benzene ring substituents is 2. The number of ether oxygens (including phenoxy) is 4. The molecule has 0 spiro atoms. The van der Waals surface area contributed by atoms with E-state index in [4.69, 9.17) is 0 Å². The van der Waals surface area contributed by atoms with E-state index >= 15 is 26.3 Å². The molecule has 0 aliphatic heterocycles. The predicted octanol–water partition coefficient (Wildman–Crippen LogP) is 9.88. The smallest absolute Gasteiger partial charge is 0.483 e. The van der Waals surface area contributed by atoms with Crippen molar-refractivity contribution in [1.82, 2.24) is 0 Å². The van der Waals surface area contributed by atoms with E-state index in [0.29, 0.717) is 0 Å². The van der Waals surface area contributed by atoms with Gasteiger partial charge < -0.3 is 10.2 Å². The summed E-state index contributed by atoms with van der Waals surface area (Å²) in [4.78, 5) is 18.0. The molecule has 0 fully saturated rings. The molecule has 2 aromatic rings. The highest BCUT2D eigenvalue weighted by molar-refractivity contribution is 5.50. The Kier molecular flexibility index (Phi) is 12.7. The lowest BCUT2D eigenvalue weighted by Crippen LogP contribution is -2.68. The molecule has 0 aliphatic carbocycles. The number of nitro groups is 2. The standard InChI is InChI=1S/C24H8F24N2O10/c25-13(26,7-1-3-11(51)9(5-7)49(53)54)20(39,40)57-14(27,8-2-4-12(52)10(6-8)50(55)56)15(28,17(30,31)32)58-23(45,46)24(47,48)59-16(29,18(33,34)35)21(41,42)60-22(43,44)19(36,37)38/h1-6,51-52H. The van der Waals surface area contributed by atoms with Gasteiger partial charge in [-0.15, -0.1) is 0 Å². The molecule has 60 heavy (non-hydrogen) atoms. The van der Waals surface area contributed by atoms with Gasteiger partial charge >= 0.3 is 83.9 Å². The fourth-order valence-electron chi connectivity index (χ4n) is 3.80. The number of halogens is 24. The second-order valence-corrected chi connectivity index (χ2v) is 10.8. The summed E-state index contributed by atoms with van der Waals surface area (Å²) in [5.41, 5.74) is -10.6. The first-order chi connectivity index (χ1) is 26.2. The zero-order valence-electron chi connectivity index (χ0n) is 26.6. The van der Waals surface area contributed by atoms with Crippen LogP contribution in [0.5, 0.6) is 11.5 Å². The van der Waals surface area contributed by atoms with Crippen LogP contribution in [0.25, 0.3) is 0 Å². The number of phenols is 2. The molecule has 2 N–H and O–H groups in total. The molecule has 0 saturated heterocycles. The monoisotopic (exact) mass is 940 g/mol. The molecule has 2 aromatic carbocycles. The van der Waals surface area contributed by atoms with E-state index in [1.165, 1.54) is 4.74 Å². The number of benzene rings is 2. The van der Waals surface area contributed by atoms with Crippen LogP contribution in [0, 0.1) is 20.2 Å². The van der Waals surface area contributed by atoms with Crippen molar-refractivity contribution in [1.29, 1.82) is 0 Å². The van der Waals surface area contributed by atoms with Gasteiger partial charge in [-0.3, -0.25) is 34.4 Å². The predicted molar refractivity (Wildman–Crippen MR) is 131 cm³/mol. The number of hydrogen-bond acceptors (Lipinski definition) is 10. The molecular formula is C24H8F24N2O10. The summed E-state index contributed by atoms with van der Waals surface area (Å²) in [6.07, 6.45) is -65.9. The van der Waals surface area contributed by atoms with E-state index in [-0.39, 0.29) is 6.07 Å². The Balaban J connectivity index is 3.02. The Morgan fingerprint density at radius 2 is 0.767 bits per heavy atom. The summed E-state index contributed by atoms with van der Waals surface area (Å²) in [7, 11) is 0. The van der Waals surface area contributed by atoms with Crippen LogP contribution in [0.3, 0.4) is 0 Å². The van der Waals surface area contributed by atoms with Crippen LogP contribution in [-0.4, -0.2) is 80.8 Å². The van der Waals surface area contributed by atoms with Gasteiger partial charge in [0.25, 0.3) is 0 Å². The molecule has 36 heteroatoms. The quantitative estimate of drug-likeness (QED) is 0.0941. The highest BCUT2D eigenvalue weighted by atomic mass is 19.4. The third-order valence-electron chi connectivity index (χ3n) is 6.69. The third kappa shape index (κ3) is 8.75. The Morgan fingerprint density at radius 3 is 1.12 bits per heavy atom. The van der Waals surface area contributed by atoms with Crippen LogP contribution in [-0.2, 0) is 30.7 Å². The van der Waals surface area contributed by atoms with Gasteiger partial charge in [0.2, 0.25) is 0 Å². The molecule has 342 valence electrons. The van der Waals surface area contributed by atoms with Gasteiger partial charge in [-0.05, 0) is 24.3 Å². The van der Waals surface area contributed by atoms with E-state index in [1.807, 2.05) is 0 Å². The summed E-state index contributed by atoms with van der Waals surface area (Å²) in [5.74, 6) is -35.2. The SMILES string of the molecule is O=[N+]([O-])c1cc(C(F)(F)C(F)(F)OC(F)(c2ccc(O)c([N+](=O)[O-])c2)C(F)(OC(F)(F)C(F)(F)OC(F)(C(F)(F)F)C(F)(F)OC(F)(F)C(F)(F)F)C(F)(F)F)ccc1O. The second kappa shape index (κ2) is 14.9. The largest absolute Gasteiger partial charge is 0.502 e. The van der Waals surface area contributed by atoms with Crippen molar-refractivity contribution in [2.75, 3.05) is 0 Å². The van der Waals surface area contributed by atoms with Crippen molar-refractivity contribution in [2.45, 2.75) is 72.6 Å². The molecule has 0 heterocycles. The van der Waals surface area contributed by atoms with Crippen molar-refractivity contribution in [3.63, 3.8) is 0 Å². The van der Waals surface area contributed by atoms with Crippen molar-refractivity contribution in [2.24, 2.45) is 0 Å². The number of nitrogens with zero attached hydrogens (tertiary/aromatic N) is 2. The molecule has 0 amide bonds. The van der Waals surface area contributed by atoms with Gasteiger partial charge in [0.05, 0.1) is 9.85 Å². The number of aromatic hydroxyl groups is 2. The molecule has 0 radical (unpaired) electrons. The van der Waals surface area contributed by atoms with Gasteiger partial charge in [0.15, 0.2) is 11.5 Å². The number of phenolic OH excluding ortho intramolecular Hbond substituents is 2. The Hall–Kier alpha value is -5.00. The fourth-order valence-corrected chi connectivity index (χ4v) is 3.80. The Labute approximate surface area is 308 Å². The van der Waals surface area contributed by atoms with Gasteiger partial charge in [-0.25, -0.2) is 4.74 Å². The number of rotatable bonds is 16. The van der Waals surface area contributed by atoms with Crippen LogP contribution in [0.2, 0.25) is 0 Å². The van der Waals surface area contributed by atoms with Crippen molar-refractivity contribution >= 4 is 11.4 Å². The first kappa shape index (κ1) is 51.1. The average Bonchev–Trinajstić information content (AvgIpc) is 3.01. The molecule has 0 bridgehead atoms. The summed E-state index contributed by atoms with van der Waals surface area (Å²) in [5, 5.41) is 40.8. The molecule has 3 unspecified atom stereocenters. The maximum absolute atomic E-state index is 16.5. The highest BCUT2D eigenvalue weighted by Gasteiger charge is 2.86. The van der Waals surface area contributed by atoms with Crippen LogP contribution >= 0.6 is 0 Å². The lowest BCUT2D eigenvalue weighted by molar-refractivity contribution is -0.586. The van der Waals surface area contributed by atoms with Gasteiger partial charge in [0, 0.05) is 23.3 Å². The molecule has 3 atom stereocenters. The minimum Gasteiger partial charge on any atom is -0.502 e. The van der Waals surface area contributed by atoms with Crippen LogP contribution < -0.4 is 0 Å². The fraction of sp³-hybridized carbons (Fsp3) is 0.500. The van der Waals surface area contributed by atoms with Gasteiger partial charge in [-0.1, -0.05) is 0 Å². The zero-order chi connectivity index (χ0) is 47.7. The lowest BCUT2D eigenvalue weighted by Gasteiger charge is -2.44. The Morgan fingerprint density at radius 1 is 0.417 bits per heavy atom. The molecule has 12 nitrogen and oxygen atoms in total. The van der Waals surface area contributed by atoms with E-state index in [9.17, 15) is 109 Å². The first-order valence-electron chi connectivity index (χ1n) is 13.5. The molecule has 0 saturated carbocycles. The summed E-state index contributed by atoms with van der Waals surface area (Å²) in [6, 6.07) is -4.64. The molecule has 0 aromatic heterocycles. The summed E-state index contributed by atoms with van der Waals surface area (Å²) in [6.45, 7) is 0. The van der Waals surface area contributed by atoms with Crippen molar-refractivity contribution < 1.29 is 144 Å². The summed E-state index contributed by atoms with van der Waals surface area (Å²) < 4.78 is 344. The minimum absolute atomic E-state index is 0.310. The maximum Gasteiger partial charge on any atom is 0.483 e. The van der Waals surface area contributed by atoms with Crippen molar-refractivity contribution in [3.05, 3.63) is 67.8 Å².